The first-order valence-corrected chi connectivity index (χ1v) is 9.38. The summed E-state index contributed by atoms with van der Waals surface area (Å²) in [4.78, 5) is 0. The minimum Gasteiger partial charge on any atom is -0.493 e. The molecule has 3 aromatic rings. The number of methoxy groups -OCH3 is 1. The van der Waals surface area contributed by atoms with E-state index in [1.807, 2.05) is 0 Å². The molecule has 0 saturated carbocycles. The van der Waals surface area contributed by atoms with Crippen LogP contribution in [0.1, 0.15) is 16.7 Å². The normalized spacial score (nSPS) is 11.1. The van der Waals surface area contributed by atoms with E-state index in [4.69, 9.17) is 32.7 Å². The summed E-state index contributed by atoms with van der Waals surface area (Å²) in [5.41, 5.74) is 2.68. The zero-order valence-electron chi connectivity index (χ0n) is 15.5. The van der Waals surface area contributed by atoms with Crippen LogP contribution in [0.25, 0.3) is 11.6 Å². The van der Waals surface area contributed by atoms with Crippen molar-refractivity contribution in [1.82, 2.24) is 0 Å². The number of nitriles is 1. The standard InChI is InChI=1S/C23H16Cl2FNO2/c1-28-22-12-16(10-18(13-27)17-4-6-19(24)7-5-17)11-21(25)23(22)29-14-15-2-8-20(26)9-3-15/h2-12H,14H2,1H3/b18-10+. The van der Waals surface area contributed by atoms with Gasteiger partial charge in [0.15, 0.2) is 11.5 Å². The lowest BCUT2D eigenvalue weighted by Gasteiger charge is -2.13. The van der Waals surface area contributed by atoms with Crippen LogP contribution in [-0.4, -0.2) is 7.11 Å². The molecule has 29 heavy (non-hydrogen) atoms. The van der Waals surface area contributed by atoms with Gasteiger partial charge in [0.2, 0.25) is 0 Å². The van der Waals surface area contributed by atoms with Gasteiger partial charge in [0.1, 0.15) is 12.4 Å². The molecule has 3 nitrogen and oxygen atoms in total. The van der Waals surface area contributed by atoms with Crippen molar-refractivity contribution >= 4 is 34.9 Å². The van der Waals surface area contributed by atoms with E-state index in [-0.39, 0.29) is 12.4 Å². The number of hydrogen-bond donors (Lipinski definition) is 0. The molecule has 0 atom stereocenters. The Morgan fingerprint density at radius 2 is 1.76 bits per heavy atom. The smallest absolute Gasteiger partial charge is 0.180 e. The molecule has 3 aromatic carbocycles. The van der Waals surface area contributed by atoms with Crippen molar-refractivity contribution in [2.45, 2.75) is 6.61 Å². The van der Waals surface area contributed by atoms with Crippen molar-refractivity contribution in [3.8, 4) is 17.6 Å². The highest BCUT2D eigenvalue weighted by Gasteiger charge is 2.13. The van der Waals surface area contributed by atoms with E-state index in [1.165, 1.54) is 19.2 Å². The Bertz CT molecular complexity index is 1070. The fourth-order valence-electron chi connectivity index (χ4n) is 2.68. The fourth-order valence-corrected chi connectivity index (χ4v) is 3.08. The second kappa shape index (κ2) is 9.47. The molecule has 0 amide bonds. The predicted octanol–water partition coefficient (Wildman–Crippen LogP) is 6.78. The summed E-state index contributed by atoms with van der Waals surface area (Å²) in [7, 11) is 1.51. The van der Waals surface area contributed by atoms with Crippen LogP contribution in [0.3, 0.4) is 0 Å². The predicted molar refractivity (Wildman–Crippen MR) is 114 cm³/mol. The Morgan fingerprint density at radius 1 is 1.07 bits per heavy atom. The van der Waals surface area contributed by atoms with Crippen LogP contribution in [0.2, 0.25) is 10.0 Å². The van der Waals surface area contributed by atoms with Crippen LogP contribution in [0.15, 0.2) is 60.7 Å². The van der Waals surface area contributed by atoms with E-state index in [1.54, 1.807) is 54.6 Å². The molecular formula is C23H16Cl2FNO2. The first kappa shape index (κ1) is 20.7. The van der Waals surface area contributed by atoms with Crippen LogP contribution >= 0.6 is 23.2 Å². The van der Waals surface area contributed by atoms with E-state index < -0.39 is 0 Å². The highest BCUT2D eigenvalue weighted by atomic mass is 35.5. The average molecular weight is 428 g/mol. The Morgan fingerprint density at radius 3 is 2.38 bits per heavy atom. The number of nitrogens with zero attached hydrogens (tertiary/aromatic N) is 1. The number of halogens is 3. The number of benzene rings is 3. The monoisotopic (exact) mass is 427 g/mol. The largest absolute Gasteiger partial charge is 0.493 e. The van der Waals surface area contributed by atoms with Gasteiger partial charge in [-0.15, -0.1) is 0 Å². The molecule has 0 aliphatic carbocycles. The summed E-state index contributed by atoms with van der Waals surface area (Å²) in [5, 5.41) is 10.5. The van der Waals surface area contributed by atoms with Gasteiger partial charge < -0.3 is 9.47 Å². The molecule has 3 rings (SSSR count). The van der Waals surface area contributed by atoms with E-state index in [0.717, 1.165) is 11.1 Å². The van der Waals surface area contributed by atoms with E-state index >= 15 is 0 Å². The van der Waals surface area contributed by atoms with Crippen LogP contribution < -0.4 is 9.47 Å². The average Bonchev–Trinajstić information content (AvgIpc) is 2.72. The van der Waals surface area contributed by atoms with Gasteiger partial charge in [0.05, 0.1) is 23.8 Å². The molecule has 0 bridgehead atoms. The van der Waals surface area contributed by atoms with Gasteiger partial charge in [-0.25, -0.2) is 4.39 Å². The Kier molecular flexibility index (Phi) is 6.77. The molecule has 146 valence electrons. The van der Waals surface area contributed by atoms with E-state index in [2.05, 4.69) is 6.07 Å². The molecule has 0 aromatic heterocycles. The third-order valence-corrected chi connectivity index (χ3v) is 4.67. The maximum atomic E-state index is 13.0. The van der Waals surface area contributed by atoms with Crippen LogP contribution in [-0.2, 0) is 6.61 Å². The Hall–Kier alpha value is -3.00. The summed E-state index contributed by atoms with van der Waals surface area (Å²) in [6.07, 6.45) is 1.71. The lowest BCUT2D eigenvalue weighted by atomic mass is 10.0. The molecule has 0 spiro atoms. The van der Waals surface area contributed by atoms with Crippen LogP contribution in [0, 0.1) is 17.1 Å². The number of allylic oxidation sites excluding steroid dienone is 1. The van der Waals surface area contributed by atoms with E-state index in [9.17, 15) is 9.65 Å². The molecule has 0 unspecified atom stereocenters. The van der Waals surface area contributed by atoms with Crippen molar-refractivity contribution in [2.24, 2.45) is 0 Å². The molecule has 0 aliphatic rings. The van der Waals surface area contributed by atoms with Gasteiger partial charge in [-0.05, 0) is 59.2 Å². The molecular weight excluding hydrogens is 412 g/mol. The zero-order chi connectivity index (χ0) is 20.8. The van der Waals surface area contributed by atoms with Gasteiger partial charge >= 0.3 is 0 Å². The number of hydrogen-bond acceptors (Lipinski definition) is 3. The van der Waals surface area contributed by atoms with Crippen molar-refractivity contribution in [1.29, 1.82) is 5.26 Å². The van der Waals surface area contributed by atoms with Crippen molar-refractivity contribution in [3.63, 3.8) is 0 Å². The molecule has 6 heteroatoms. The molecule has 0 aliphatic heterocycles. The third kappa shape index (κ3) is 5.29. The van der Waals surface area contributed by atoms with E-state index in [0.29, 0.717) is 32.7 Å². The summed E-state index contributed by atoms with van der Waals surface area (Å²) < 4.78 is 24.2. The number of ether oxygens (including phenoxy) is 2. The minimum atomic E-state index is -0.311. The van der Waals surface area contributed by atoms with Gasteiger partial charge in [0.25, 0.3) is 0 Å². The second-order valence-corrected chi connectivity index (χ2v) is 6.97. The van der Waals surface area contributed by atoms with Crippen LogP contribution in [0.4, 0.5) is 4.39 Å². The summed E-state index contributed by atoms with van der Waals surface area (Å²) >= 11 is 12.3. The summed E-state index contributed by atoms with van der Waals surface area (Å²) in [6, 6.07) is 18.6. The summed E-state index contributed by atoms with van der Waals surface area (Å²) in [6.45, 7) is 0.208. The van der Waals surface area contributed by atoms with Gasteiger partial charge in [-0.2, -0.15) is 5.26 Å². The van der Waals surface area contributed by atoms with Crippen molar-refractivity contribution in [2.75, 3.05) is 7.11 Å². The maximum Gasteiger partial charge on any atom is 0.180 e. The minimum absolute atomic E-state index is 0.208. The number of rotatable bonds is 6. The van der Waals surface area contributed by atoms with Gasteiger partial charge in [-0.3, -0.25) is 0 Å². The molecule has 0 fully saturated rings. The van der Waals surface area contributed by atoms with Gasteiger partial charge in [-0.1, -0.05) is 47.5 Å². The summed E-state index contributed by atoms with van der Waals surface area (Å²) in [5.74, 6) is 0.495. The second-order valence-electron chi connectivity index (χ2n) is 6.13. The first-order valence-electron chi connectivity index (χ1n) is 8.62. The van der Waals surface area contributed by atoms with Crippen molar-refractivity contribution in [3.05, 3.63) is 93.2 Å². The highest BCUT2D eigenvalue weighted by molar-refractivity contribution is 6.32. The van der Waals surface area contributed by atoms with Crippen molar-refractivity contribution < 1.29 is 13.9 Å². The Labute approximate surface area is 178 Å². The SMILES string of the molecule is COc1cc(/C=C(\C#N)c2ccc(Cl)cc2)cc(Cl)c1OCc1ccc(F)cc1. The maximum absolute atomic E-state index is 13.0. The quantitative estimate of drug-likeness (QED) is 0.321. The lowest BCUT2D eigenvalue weighted by Crippen LogP contribution is -1.99. The van der Waals surface area contributed by atoms with Gasteiger partial charge in [0, 0.05) is 5.02 Å². The fraction of sp³-hybridized carbons (Fsp3) is 0.0870. The lowest BCUT2D eigenvalue weighted by molar-refractivity contribution is 0.284. The van der Waals surface area contributed by atoms with Crippen LogP contribution in [0.5, 0.6) is 11.5 Å². The topological polar surface area (TPSA) is 42.2 Å². The zero-order valence-corrected chi connectivity index (χ0v) is 17.0. The third-order valence-electron chi connectivity index (χ3n) is 4.13. The molecule has 0 saturated heterocycles. The highest BCUT2D eigenvalue weighted by Crippen LogP contribution is 2.38. The molecule has 0 N–H and O–H groups in total. The molecule has 0 radical (unpaired) electrons. The first-order chi connectivity index (χ1) is 14.0. The Balaban J connectivity index is 1.88. The molecule has 0 heterocycles.